The third-order valence-corrected chi connectivity index (χ3v) is 5.62. The number of sulfonamides is 1. The predicted molar refractivity (Wildman–Crippen MR) is 86.5 cm³/mol. The molecule has 4 nitrogen and oxygen atoms in total. The smallest absolute Gasteiger partial charge is 0.240 e. The predicted octanol–water partition coefficient (Wildman–Crippen LogP) is 2.67. The third-order valence-electron chi connectivity index (χ3n) is 3.64. The standard InChI is InChI=1S/C13H19BrN2O2S.ClH/c14-11-6-3-7-12(8-11)19(17,18)16-13(9-15)10-4-1-2-5-10;/h3,6-8,10,13,16H,1-2,4-5,9,15H2;1H. The zero-order valence-electron chi connectivity index (χ0n) is 11.1. The number of hydrogen-bond donors (Lipinski definition) is 2. The van der Waals surface area contributed by atoms with Crippen LogP contribution in [0.1, 0.15) is 25.7 Å². The first-order valence-corrected chi connectivity index (χ1v) is 8.78. The Kier molecular flexibility index (Phi) is 6.94. The molecule has 114 valence electrons. The lowest BCUT2D eigenvalue weighted by Gasteiger charge is -2.23. The summed E-state index contributed by atoms with van der Waals surface area (Å²) >= 11 is 3.29. The number of halogens is 2. The van der Waals surface area contributed by atoms with Crippen molar-refractivity contribution in [1.29, 1.82) is 0 Å². The van der Waals surface area contributed by atoms with Gasteiger partial charge < -0.3 is 5.73 Å². The van der Waals surface area contributed by atoms with Crippen molar-refractivity contribution in [3.05, 3.63) is 28.7 Å². The second kappa shape index (κ2) is 7.75. The van der Waals surface area contributed by atoms with Gasteiger partial charge in [0.2, 0.25) is 10.0 Å². The third kappa shape index (κ3) is 4.43. The molecule has 1 fully saturated rings. The van der Waals surface area contributed by atoms with E-state index in [-0.39, 0.29) is 23.3 Å². The fourth-order valence-corrected chi connectivity index (χ4v) is 4.51. The monoisotopic (exact) mass is 382 g/mol. The van der Waals surface area contributed by atoms with Gasteiger partial charge in [-0.2, -0.15) is 0 Å². The molecule has 3 N–H and O–H groups in total. The highest BCUT2D eigenvalue weighted by Gasteiger charge is 2.28. The van der Waals surface area contributed by atoms with Crippen LogP contribution in [0.15, 0.2) is 33.6 Å². The maximum atomic E-state index is 12.3. The average Bonchev–Trinajstić information content (AvgIpc) is 2.90. The van der Waals surface area contributed by atoms with Gasteiger partial charge >= 0.3 is 0 Å². The van der Waals surface area contributed by atoms with Gasteiger partial charge in [0.15, 0.2) is 0 Å². The molecule has 0 radical (unpaired) electrons. The van der Waals surface area contributed by atoms with E-state index in [9.17, 15) is 8.42 Å². The molecule has 1 saturated carbocycles. The van der Waals surface area contributed by atoms with Crippen molar-refractivity contribution >= 4 is 38.4 Å². The van der Waals surface area contributed by atoms with Crippen molar-refractivity contribution in [3.63, 3.8) is 0 Å². The minimum absolute atomic E-state index is 0. The fraction of sp³-hybridized carbons (Fsp3) is 0.538. The zero-order valence-corrected chi connectivity index (χ0v) is 14.3. The molecule has 2 rings (SSSR count). The zero-order chi connectivity index (χ0) is 13.9. The Morgan fingerprint density at radius 3 is 2.55 bits per heavy atom. The first-order valence-electron chi connectivity index (χ1n) is 6.51. The van der Waals surface area contributed by atoms with E-state index in [1.54, 1.807) is 24.3 Å². The highest BCUT2D eigenvalue weighted by molar-refractivity contribution is 9.10. The molecule has 1 unspecified atom stereocenters. The molecule has 0 aliphatic heterocycles. The van der Waals surface area contributed by atoms with Crippen molar-refractivity contribution in [2.75, 3.05) is 6.54 Å². The van der Waals surface area contributed by atoms with Crippen LogP contribution < -0.4 is 10.5 Å². The van der Waals surface area contributed by atoms with Crippen LogP contribution in [-0.2, 0) is 10.0 Å². The van der Waals surface area contributed by atoms with Gasteiger partial charge in [0.1, 0.15) is 0 Å². The van der Waals surface area contributed by atoms with E-state index < -0.39 is 10.0 Å². The number of nitrogens with two attached hydrogens (primary N) is 1. The topological polar surface area (TPSA) is 72.2 Å². The molecule has 7 heteroatoms. The van der Waals surface area contributed by atoms with Gasteiger partial charge in [0.05, 0.1) is 4.90 Å². The Hall–Kier alpha value is -0.140. The summed E-state index contributed by atoms with van der Waals surface area (Å²) in [5.41, 5.74) is 5.73. The fourth-order valence-electron chi connectivity index (χ4n) is 2.60. The van der Waals surface area contributed by atoms with E-state index in [0.717, 1.165) is 17.3 Å². The average molecular weight is 384 g/mol. The molecular formula is C13H20BrClN2O2S. The van der Waals surface area contributed by atoms with E-state index in [2.05, 4.69) is 20.7 Å². The summed E-state index contributed by atoms with van der Waals surface area (Å²) in [6.45, 7) is 0.345. The summed E-state index contributed by atoms with van der Waals surface area (Å²) in [5, 5.41) is 0. The Bertz CT molecular complexity index is 533. The lowest BCUT2D eigenvalue weighted by molar-refractivity contribution is 0.405. The maximum absolute atomic E-state index is 12.3. The quantitative estimate of drug-likeness (QED) is 0.821. The number of hydrogen-bond acceptors (Lipinski definition) is 3. The van der Waals surface area contributed by atoms with Crippen molar-refractivity contribution in [2.24, 2.45) is 11.7 Å². The molecule has 0 amide bonds. The van der Waals surface area contributed by atoms with Gasteiger partial charge in [-0.1, -0.05) is 34.8 Å². The summed E-state index contributed by atoms with van der Waals surface area (Å²) < 4.78 is 28.2. The van der Waals surface area contributed by atoms with E-state index in [4.69, 9.17) is 5.73 Å². The molecule has 0 aromatic heterocycles. The van der Waals surface area contributed by atoms with Crippen LogP contribution in [0.5, 0.6) is 0 Å². The molecule has 0 bridgehead atoms. The summed E-state index contributed by atoms with van der Waals surface area (Å²) in [4.78, 5) is 0.276. The van der Waals surface area contributed by atoms with E-state index in [0.29, 0.717) is 12.5 Å². The normalized spacial score (nSPS) is 17.7. The van der Waals surface area contributed by atoms with Crippen molar-refractivity contribution in [2.45, 2.75) is 36.6 Å². The Labute approximate surface area is 135 Å². The summed E-state index contributed by atoms with van der Waals surface area (Å²) in [7, 11) is -3.49. The molecule has 20 heavy (non-hydrogen) atoms. The van der Waals surface area contributed by atoms with Crippen LogP contribution in [0.2, 0.25) is 0 Å². The second-order valence-electron chi connectivity index (χ2n) is 4.97. The highest BCUT2D eigenvalue weighted by Crippen LogP contribution is 2.28. The van der Waals surface area contributed by atoms with Crippen LogP contribution in [0.4, 0.5) is 0 Å². The van der Waals surface area contributed by atoms with Crippen LogP contribution in [-0.4, -0.2) is 21.0 Å². The Morgan fingerprint density at radius 2 is 2.00 bits per heavy atom. The minimum Gasteiger partial charge on any atom is -0.329 e. The molecule has 1 aliphatic rings. The number of nitrogens with one attached hydrogen (secondary N) is 1. The van der Waals surface area contributed by atoms with Crippen LogP contribution in [0, 0.1) is 5.92 Å². The highest BCUT2D eigenvalue weighted by atomic mass is 79.9. The maximum Gasteiger partial charge on any atom is 0.240 e. The summed E-state index contributed by atoms with van der Waals surface area (Å²) in [5.74, 6) is 0.368. The number of rotatable bonds is 5. The molecule has 0 spiro atoms. The molecule has 1 aromatic carbocycles. The lowest BCUT2D eigenvalue weighted by atomic mass is 9.99. The van der Waals surface area contributed by atoms with Gasteiger partial charge in [-0.3, -0.25) is 0 Å². The molecule has 1 aromatic rings. The van der Waals surface area contributed by atoms with E-state index in [1.165, 1.54) is 12.8 Å². The molecular weight excluding hydrogens is 364 g/mol. The Morgan fingerprint density at radius 1 is 1.35 bits per heavy atom. The molecule has 1 atom stereocenters. The number of benzene rings is 1. The van der Waals surface area contributed by atoms with Crippen LogP contribution in [0.25, 0.3) is 0 Å². The van der Waals surface area contributed by atoms with E-state index >= 15 is 0 Å². The SMILES string of the molecule is Cl.NCC(NS(=O)(=O)c1cccc(Br)c1)C1CCCC1. The Balaban J connectivity index is 0.00000200. The largest absolute Gasteiger partial charge is 0.329 e. The van der Waals surface area contributed by atoms with Crippen molar-refractivity contribution in [1.82, 2.24) is 4.72 Å². The van der Waals surface area contributed by atoms with Crippen molar-refractivity contribution in [3.8, 4) is 0 Å². The van der Waals surface area contributed by atoms with Gasteiger partial charge in [0.25, 0.3) is 0 Å². The summed E-state index contributed by atoms with van der Waals surface area (Å²) in [6.07, 6.45) is 4.45. The molecule has 1 aliphatic carbocycles. The lowest BCUT2D eigenvalue weighted by Crippen LogP contribution is -2.44. The van der Waals surface area contributed by atoms with Crippen LogP contribution >= 0.6 is 28.3 Å². The molecule has 0 heterocycles. The van der Waals surface area contributed by atoms with Crippen molar-refractivity contribution < 1.29 is 8.42 Å². The van der Waals surface area contributed by atoms with Gasteiger partial charge in [-0.05, 0) is 37.0 Å². The van der Waals surface area contributed by atoms with Crippen LogP contribution in [0.3, 0.4) is 0 Å². The minimum atomic E-state index is -3.49. The summed E-state index contributed by atoms with van der Waals surface area (Å²) in [6, 6.07) is 6.55. The van der Waals surface area contributed by atoms with Gasteiger partial charge in [-0.25, -0.2) is 13.1 Å². The van der Waals surface area contributed by atoms with E-state index in [1.807, 2.05) is 0 Å². The molecule has 0 saturated heterocycles. The second-order valence-corrected chi connectivity index (χ2v) is 7.60. The first kappa shape index (κ1) is 17.9. The van der Waals surface area contributed by atoms with Gasteiger partial charge in [-0.15, -0.1) is 12.4 Å². The first-order chi connectivity index (χ1) is 9.03. The van der Waals surface area contributed by atoms with Gasteiger partial charge in [0, 0.05) is 17.1 Å².